The summed E-state index contributed by atoms with van der Waals surface area (Å²) < 4.78 is 17.4. The minimum atomic E-state index is -0.164. The first kappa shape index (κ1) is 18.1. The average Bonchev–Trinajstić information content (AvgIpc) is 3.36. The van der Waals surface area contributed by atoms with E-state index < -0.39 is 0 Å². The van der Waals surface area contributed by atoms with Crippen molar-refractivity contribution in [3.05, 3.63) is 48.0 Å². The molecule has 0 atom stereocenters. The van der Waals surface area contributed by atoms with Crippen LogP contribution in [0.2, 0.25) is 0 Å². The van der Waals surface area contributed by atoms with Gasteiger partial charge >= 0.3 is 0 Å². The molecule has 1 N–H and O–H groups in total. The molecule has 9 nitrogen and oxygen atoms in total. The van der Waals surface area contributed by atoms with Gasteiger partial charge < -0.3 is 19.5 Å². The van der Waals surface area contributed by atoms with E-state index in [9.17, 15) is 4.79 Å². The van der Waals surface area contributed by atoms with E-state index in [2.05, 4.69) is 20.8 Å². The van der Waals surface area contributed by atoms with E-state index in [1.807, 2.05) is 24.3 Å². The number of nitrogens with zero attached hydrogens (tertiary/aromatic N) is 4. The van der Waals surface area contributed by atoms with Gasteiger partial charge in [-0.05, 0) is 40.3 Å². The quantitative estimate of drug-likeness (QED) is 0.604. The molecule has 0 spiro atoms. The SMILES string of the molecule is COc1ccc(Cn2nnnc2SCC(=O)Nc2ccc3c(c2)OCO3)cc1. The average molecular weight is 399 g/mol. The smallest absolute Gasteiger partial charge is 0.234 e. The predicted octanol–water partition coefficient (Wildman–Crippen LogP) is 2.19. The maximum atomic E-state index is 12.3. The molecule has 0 saturated heterocycles. The molecule has 1 amide bonds. The van der Waals surface area contributed by atoms with E-state index in [1.165, 1.54) is 11.8 Å². The van der Waals surface area contributed by atoms with Gasteiger partial charge in [-0.2, -0.15) is 0 Å². The summed E-state index contributed by atoms with van der Waals surface area (Å²) in [7, 11) is 1.62. The van der Waals surface area contributed by atoms with Crippen molar-refractivity contribution in [3.8, 4) is 17.2 Å². The van der Waals surface area contributed by atoms with Crippen molar-refractivity contribution >= 4 is 23.4 Å². The molecule has 2 heterocycles. The summed E-state index contributed by atoms with van der Waals surface area (Å²) in [6, 6.07) is 12.9. The second kappa shape index (κ2) is 8.17. The molecule has 0 radical (unpaired) electrons. The maximum Gasteiger partial charge on any atom is 0.234 e. The van der Waals surface area contributed by atoms with Crippen LogP contribution in [0.3, 0.4) is 0 Å². The number of thioether (sulfide) groups is 1. The van der Waals surface area contributed by atoms with E-state index in [0.717, 1.165) is 11.3 Å². The number of amides is 1. The van der Waals surface area contributed by atoms with Gasteiger partial charge in [0.05, 0.1) is 19.4 Å². The van der Waals surface area contributed by atoms with Gasteiger partial charge in [-0.25, -0.2) is 4.68 Å². The Balaban J connectivity index is 1.33. The van der Waals surface area contributed by atoms with E-state index in [0.29, 0.717) is 28.9 Å². The first-order valence-electron chi connectivity index (χ1n) is 8.42. The van der Waals surface area contributed by atoms with Gasteiger partial charge in [0.25, 0.3) is 0 Å². The summed E-state index contributed by atoms with van der Waals surface area (Å²) in [6.07, 6.45) is 0. The van der Waals surface area contributed by atoms with Crippen LogP contribution in [0.25, 0.3) is 0 Å². The van der Waals surface area contributed by atoms with Crippen molar-refractivity contribution in [2.24, 2.45) is 0 Å². The van der Waals surface area contributed by atoms with Gasteiger partial charge in [-0.1, -0.05) is 23.9 Å². The Morgan fingerprint density at radius 3 is 2.86 bits per heavy atom. The van der Waals surface area contributed by atoms with Gasteiger partial charge in [0.1, 0.15) is 5.75 Å². The number of fused-ring (bicyclic) bond motifs is 1. The van der Waals surface area contributed by atoms with Crippen LogP contribution in [-0.2, 0) is 11.3 Å². The zero-order valence-corrected chi connectivity index (χ0v) is 15.8. The molecule has 1 aliphatic heterocycles. The van der Waals surface area contributed by atoms with E-state index in [1.54, 1.807) is 30.0 Å². The Kier molecular flexibility index (Phi) is 5.29. The lowest BCUT2D eigenvalue weighted by Gasteiger charge is -2.07. The number of nitrogens with one attached hydrogen (secondary N) is 1. The monoisotopic (exact) mass is 399 g/mol. The summed E-state index contributed by atoms with van der Waals surface area (Å²) in [4.78, 5) is 12.3. The van der Waals surface area contributed by atoms with Crippen LogP contribution in [0.15, 0.2) is 47.6 Å². The lowest BCUT2D eigenvalue weighted by molar-refractivity contribution is -0.113. The predicted molar refractivity (Wildman–Crippen MR) is 102 cm³/mol. The van der Waals surface area contributed by atoms with Crippen LogP contribution in [0.5, 0.6) is 17.2 Å². The summed E-state index contributed by atoms with van der Waals surface area (Å²) in [6.45, 7) is 0.697. The normalized spacial score (nSPS) is 12.0. The van der Waals surface area contributed by atoms with Gasteiger partial charge in [0.15, 0.2) is 11.5 Å². The highest BCUT2D eigenvalue weighted by atomic mass is 32.2. The Morgan fingerprint density at radius 1 is 1.21 bits per heavy atom. The molecule has 1 aromatic heterocycles. The number of carbonyl (C=O) groups is 1. The minimum Gasteiger partial charge on any atom is -0.497 e. The van der Waals surface area contributed by atoms with Crippen LogP contribution in [0.4, 0.5) is 5.69 Å². The summed E-state index contributed by atoms with van der Waals surface area (Å²) in [5.74, 6) is 2.09. The molecule has 0 aliphatic carbocycles. The molecule has 28 heavy (non-hydrogen) atoms. The van der Waals surface area contributed by atoms with Crippen LogP contribution in [0.1, 0.15) is 5.56 Å². The molecular formula is C18H17N5O4S. The fraction of sp³-hybridized carbons (Fsp3) is 0.222. The standard InChI is InChI=1S/C18H17N5O4S/c1-25-14-5-2-12(3-6-14)9-23-18(20-21-22-23)28-10-17(24)19-13-4-7-15-16(8-13)27-11-26-15/h2-8H,9-11H2,1H3,(H,19,24). The Labute approximate surface area is 165 Å². The number of rotatable bonds is 7. The van der Waals surface area contributed by atoms with Crippen LogP contribution in [0, 0.1) is 0 Å². The highest BCUT2D eigenvalue weighted by Gasteiger charge is 2.15. The summed E-state index contributed by atoms with van der Waals surface area (Å²) in [5.41, 5.74) is 1.67. The number of hydrogen-bond acceptors (Lipinski definition) is 8. The first-order chi connectivity index (χ1) is 13.7. The fourth-order valence-corrected chi connectivity index (χ4v) is 3.28. The second-order valence-corrected chi connectivity index (χ2v) is 6.81. The van der Waals surface area contributed by atoms with Crippen molar-refractivity contribution in [1.29, 1.82) is 0 Å². The van der Waals surface area contributed by atoms with E-state index in [4.69, 9.17) is 14.2 Å². The third-order valence-electron chi connectivity index (χ3n) is 3.98. The molecule has 144 valence electrons. The van der Waals surface area contributed by atoms with Crippen molar-refractivity contribution in [1.82, 2.24) is 20.2 Å². The zero-order valence-electron chi connectivity index (χ0n) is 15.0. The lowest BCUT2D eigenvalue weighted by Crippen LogP contribution is -2.14. The third-order valence-corrected chi connectivity index (χ3v) is 4.94. The number of tetrazole rings is 1. The molecule has 0 bridgehead atoms. The number of anilines is 1. The number of benzene rings is 2. The van der Waals surface area contributed by atoms with Gasteiger partial charge in [0.2, 0.25) is 17.9 Å². The van der Waals surface area contributed by atoms with Crippen LogP contribution in [-0.4, -0.2) is 45.8 Å². The molecule has 4 rings (SSSR count). The third kappa shape index (κ3) is 4.17. The molecule has 10 heteroatoms. The number of methoxy groups -OCH3 is 1. The Bertz CT molecular complexity index is 976. The second-order valence-electron chi connectivity index (χ2n) is 5.87. The van der Waals surface area contributed by atoms with Crippen molar-refractivity contribution in [2.45, 2.75) is 11.7 Å². The topological polar surface area (TPSA) is 100 Å². The highest BCUT2D eigenvalue weighted by Crippen LogP contribution is 2.34. The molecule has 3 aromatic rings. The molecule has 1 aliphatic rings. The lowest BCUT2D eigenvalue weighted by atomic mass is 10.2. The summed E-state index contributed by atoms with van der Waals surface area (Å²) >= 11 is 1.27. The first-order valence-corrected chi connectivity index (χ1v) is 9.41. The van der Waals surface area contributed by atoms with E-state index in [-0.39, 0.29) is 18.5 Å². The fourth-order valence-electron chi connectivity index (χ4n) is 2.60. The summed E-state index contributed by atoms with van der Waals surface area (Å²) in [5, 5.41) is 15.1. The van der Waals surface area contributed by atoms with Crippen molar-refractivity contribution in [2.75, 3.05) is 25.0 Å². The number of ether oxygens (including phenoxy) is 3. The highest BCUT2D eigenvalue weighted by molar-refractivity contribution is 7.99. The Hall–Kier alpha value is -3.27. The molecule has 0 unspecified atom stereocenters. The van der Waals surface area contributed by atoms with E-state index >= 15 is 0 Å². The van der Waals surface area contributed by atoms with Crippen LogP contribution < -0.4 is 19.5 Å². The van der Waals surface area contributed by atoms with Gasteiger partial charge in [-0.15, -0.1) is 5.10 Å². The zero-order chi connectivity index (χ0) is 19.3. The van der Waals surface area contributed by atoms with Crippen molar-refractivity contribution in [3.63, 3.8) is 0 Å². The molecule has 0 saturated carbocycles. The Morgan fingerprint density at radius 2 is 2.04 bits per heavy atom. The maximum absolute atomic E-state index is 12.3. The molecule has 0 fully saturated rings. The van der Waals surface area contributed by atoms with Crippen LogP contribution >= 0.6 is 11.8 Å². The van der Waals surface area contributed by atoms with Gasteiger partial charge in [0, 0.05) is 11.8 Å². The van der Waals surface area contributed by atoms with Gasteiger partial charge in [-0.3, -0.25) is 4.79 Å². The number of hydrogen-bond donors (Lipinski definition) is 1. The minimum absolute atomic E-state index is 0.164. The number of aromatic nitrogens is 4. The number of carbonyl (C=O) groups excluding carboxylic acids is 1. The molecular weight excluding hydrogens is 382 g/mol. The molecule has 2 aromatic carbocycles. The van der Waals surface area contributed by atoms with Crippen molar-refractivity contribution < 1.29 is 19.0 Å². The largest absolute Gasteiger partial charge is 0.497 e.